The van der Waals surface area contributed by atoms with E-state index in [4.69, 9.17) is 27.9 Å². The highest BCUT2D eigenvalue weighted by atomic mass is 35.5. The quantitative estimate of drug-likeness (QED) is 0.825. The van der Waals surface area contributed by atoms with Gasteiger partial charge in [0.1, 0.15) is 5.75 Å². The zero-order valence-corrected chi connectivity index (χ0v) is 15.0. The fourth-order valence-corrected chi connectivity index (χ4v) is 4.09. The molecular formula is C16H17Cl2NO3S. The van der Waals surface area contributed by atoms with Gasteiger partial charge in [-0.25, -0.2) is 13.1 Å². The molecule has 0 aliphatic carbocycles. The van der Waals surface area contributed by atoms with Crippen LogP contribution in [0.4, 0.5) is 0 Å². The maximum Gasteiger partial charge on any atom is 0.216 e. The van der Waals surface area contributed by atoms with Gasteiger partial charge in [-0.3, -0.25) is 0 Å². The van der Waals surface area contributed by atoms with Crippen LogP contribution in [-0.2, 0) is 15.8 Å². The number of benzene rings is 2. The summed E-state index contributed by atoms with van der Waals surface area (Å²) in [7, 11) is -1.96. The molecule has 4 nitrogen and oxygen atoms in total. The predicted octanol–water partition coefficient (Wildman–Crippen LogP) is 4.18. The molecule has 1 N–H and O–H groups in total. The average molecular weight is 374 g/mol. The molecule has 0 amide bonds. The molecule has 2 aromatic rings. The van der Waals surface area contributed by atoms with Crippen molar-refractivity contribution >= 4 is 33.2 Å². The molecule has 23 heavy (non-hydrogen) atoms. The molecule has 2 aromatic carbocycles. The molecule has 1 atom stereocenters. The normalized spacial score (nSPS) is 12.9. The first-order valence-corrected chi connectivity index (χ1v) is 9.29. The number of methoxy groups -OCH3 is 1. The maximum atomic E-state index is 12.3. The van der Waals surface area contributed by atoms with E-state index in [1.54, 1.807) is 38.3 Å². The summed E-state index contributed by atoms with van der Waals surface area (Å²) in [6.07, 6.45) is 0. The summed E-state index contributed by atoms with van der Waals surface area (Å²) < 4.78 is 32.4. The first-order valence-electron chi connectivity index (χ1n) is 6.88. The van der Waals surface area contributed by atoms with Crippen LogP contribution >= 0.6 is 23.2 Å². The third kappa shape index (κ3) is 5.11. The summed E-state index contributed by atoms with van der Waals surface area (Å²) in [5.41, 5.74) is 1.35. The van der Waals surface area contributed by atoms with Gasteiger partial charge < -0.3 is 4.74 Å². The Bertz CT molecular complexity index is 776. The van der Waals surface area contributed by atoms with Crippen LogP contribution in [0.15, 0.2) is 42.5 Å². The van der Waals surface area contributed by atoms with E-state index in [0.29, 0.717) is 15.6 Å². The Hall–Kier alpha value is -1.27. The Labute approximate surface area is 146 Å². The van der Waals surface area contributed by atoms with Crippen molar-refractivity contribution < 1.29 is 13.2 Å². The van der Waals surface area contributed by atoms with E-state index in [1.165, 1.54) is 6.07 Å². The van der Waals surface area contributed by atoms with Crippen molar-refractivity contribution in [3.8, 4) is 5.75 Å². The zero-order valence-electron chi connectivity index (χ0n) is 12.7. The van der Waals surface area contributed by atoms with Gasteiger partial charge in [0.05, 0.1) is 12.9 Å². The molecule has 2 rings (SSSR count). The van der Waals surface area contributed by atoms with Crippen molar-refractivity contribution in [1.29, 1.82) is 0 Å². The molecule has 0 radical (unpaired) electrons. The van der Waals surface area contributed by atoms with Crippen LogP contribution in [-0.4, -0.2) is 15.5 Å². The molecule has 124 valence electrons. The zero-order chi connectivity index (χ0) is 17.0. The lowest BCUT2D eigenvalue weighted by molar-refractivity contribution is 0.414. The van der Waals surface area contributed by atoms with Crippen molar-refractivity contribution in [2.45, 2.75) is 18.7 Å². The molecular weight excluding hydrogens is 357 g/mol. The van der Waals surface area contributed by atoms with Gasteiger partial charge in [-0.2, -0.15) is 0 Å². The molecule has 0 aromatic heterocycles. The molecule has 0 aliphatic heterocycles. The minimum atomic E-state index is -3.54. The fraction of sp³-hybridized carbons (Fsp3) is 0.250. The second-order valence-electron chi connectivity index (χ2n) is 5.11. The lowest BCUT2D eigenvalue weighted by Gasteiger charge is -2.15. The lowest BCUT2D eigenvalue weighted by Crippen LogP contribution is -2.28. The Balaban J connectivity index is 2.10. The molecule has 7 heteroatoms. The molecule has 0 bridgehead atoms. The van der Waals surface area contributed by atoms with Crippen LogP contribution in [0.2, 0.25) is 10.0 Å². The van der Waals surface area contributed by atoms with Crippen LogP contribution in [0, 0.1) is 0 Å². The van der Waals surface area contributed by atoms with Crippen LogP contribution in [0.25, 0.3) is 0 Å². The fourth-order valence-electron chi connectivity index (χ4n) is 2.12. The molecule has 0 heterocycles. The highest BCUT2D eigenvalue weighted by Crippen LogP contribution is 2.24. The number of rotatable bonds is 6. The summed E-state index contributed by atoms with van der Waals surface area (Å²) in [5.74, 6) is 0.514. The van der Waals surface area contributed by atoms with E-state index in [0.717, 1.165) is 11.3 Å². The molecule has 0 fully saturated rings. The van der Waals surface area contributed by atoms with Crippen molar-refractivity contribution in [2.24, 2.45) is 0 Å². The standard InChI is InChI=1S/C16H17Cl2NO3S/c1-11(12-4-7-15(22-2)8-5-12)19-23(20,21)10-13-3-6-14(17)9-16(13)18/h3-9,11,19H,10H2,1-2H3/t11-/m1/s1. The number of hydrogen-bond acceptors (Lipinski definition) is 3. The highest BCUT2D eigenvalue weighted by molar-refractivity contribution is 7.88. The van der Waals surface area contributed by atoms with Crippen LogP contribution in [0.5, 0.6) is 5.75 Å². The first-order chi connectivity index (χ1) is 10.8. The topological polar surface area (TPSA) is 55.4 Å². The number of halogens is 2. The largest absolute Gasteiger partial charge is 0.497 e. The minimum Gasteiger partial charge on any atom is -0.497 e. The van der Waals surface area contributed by atoms with Crippen molar-refractivity contribution in [3.63, 3.8) is 0 Å². The highest BCUT2D eigenvalue weighted by Gasteiger charge is 2.18. The van der Waals surface area contributed by atoms with Crippen LogP contribution in [0.1, 0.15) is 24.1 Å². The van der Waals surface area contributed by atoms with E-state index < -0.39 is 10.0 Å². The second-order valence-corrected chi connectivity index (χ2v) is 7.71. The third-order valence-electron chi connectivity index (χ3n) is 3.33. The van der Waals surface area contributed by atoms with Gasteiger partial charge in [0.15, 0.2) is 0 Å². The van der Waals surface area contributed by atoms with Crippen molar-refractivity contribution in [1.82, 2.24) is 4.72 Å². The Morgan fingerprint density at radius 1 is 1.13 bits per heavy atom. The smallest absolute Gasteiger partial charge is 0.216 e. The van der Waals surface area contributed by atoms with Gasteiger partial charge >= 0.3 is 0 Å². The van der Waals surface area contributed by atoms with Gasteiger partial charge in [-0.1, -0.05) is 41.4 Å². The Morgan fingerprint density at radius 3 is 2.35 bits per heavy atom. The van der Waals surface area contributed by atoms with Crippen LogP contribution < -0.4 is 9.46 Å². The van der Waals surface area contributed by atoms with E-state index >= 15 is 0 Å². The average Bonchev–Trinajstić information content (AvgIpc) is 2.49. The summed E-state index contributed by atoms with van der Waals surface area (Å²) >= 11 is 11.8. The summed E-state index contributed by atoms with van der Waals surface area (Å²) in [6, 6.07) is 11.6. The van der Waals surface area contributed by atoms with Crippen molar-refractivity contribution in [3.05, 3.63) is 63.6 Å². The Kier molecular flexibility index (Phi) is 5.92. The number of nitrogens with one attached hydrogen (secondary N) is 1. The summed E-state index contributed by atoms with van der Waals surface area (Å²) in [5, 5.41) is 0.802. The second kappa shape index (κ2) is 7.53. The summed E-state index contributed by atoms with van der Waals surface area (Å²) in [4.78, 5) is 0. The monoisotopic (exact) mass is 373 g/mol. The van der Waals surface area contributed by atoms with Crippen molar-refractivity contribution in [2.75, 3.05) is 7.11 Å². The summed E-state index contributed by atoms with van der Waals surface area (Å²) in [6.45, 7) is 1.78. The molecule has 0 saturated heterocycles. The maximum absolute atomic E-state index is 12.3. The van der Waals surface area contributed by atoms with E-state index in [2.05, 4.69) is 4.72 Å². The SMILES string of the molecule is COc1ccc([C@@H](C)NS(=O)(=O)Cc2ccc(Cl)cc2Cl)cc1. The number of hydrogen-bond donors (Lipinski definition) is 1. The van der Waals surface area contributed by atoms with Gasteiger partial charge in [0.2, 0.25) is 10.0 Å². The van der Waals surface area contributed by atoms with Gasteiger partial charge in [0, 0.05) is 16.1 Å². The molecule has 0 saturated carbocycles. The van der Waals surface area contributed by atoms with Gasteiger partial charge in [0.25, 0.3) is 0 Å². The minimum absolute atomic E-state index is 0.205. The van der Waals surface area contributed by atoms with E-state index in [1.807, 2.05) is 12.1 Å². The third-order valence-corrected chi connectivity index (χ3v) is 5.32. The first kappa shape index (κ1) is 18.1. The number of ether oxygens (including phenoxy) is 1. The molecule has 0 spiro atoms. The Morgan fingerprint density at radius 2 is 1.78 bits per heavy atom. The lowest BCUT2D eigenvalue weighted by atomic mass is 10.1. The van der Waals surface area contributed by atoms with E-state index in [-0.39, 0.29) is 11.8 Å². The van der Waals surface area contributed by atoms with Gasteiger partial charge in [-0.15, -0.1) is 0 Å². The number of sulfonamides is 1. The van der Waals surface area contributed by atoms with E-state index in [9.17, 15) is 8.42 Å². The predicted molar refractivity (Wildman–Crippen MR) is 93.6 cm³/mol. The molecule has 0 aliphatic rings. The van der Waals surface area contributed by atoms with Crippen LogP contribution in [0.3, 0.4) is 0 Å². The van der Waals surface area contributed by atoms with Gasteiger partial charge in [-0.05, 0) is 42.3 Å². The molecule has 0 unspecified atom stereocenters.